The Balaban J connectivity index is 0.000000738. The van der Waals surface area contributed by atoms with Crippen molar-refractivity contribution < 1.29 is 51.3 Å². The molecule has 0 aliphatic heterocycles. The van der Waals surface area contributed by atoms with Gasteiger partial charge in [-0.3, -0.25) is 14.2 Å². The van der Waals surface area contributed by atoms with E-state index in [4.69, 9.17) is 15.2 Å². The molecule has 244 valence electrons. The fraction of sp³-hybridized carbons (Fsp3) is 0.286. The number of rotatable bonds is 10. The molecule has 0 radical (unpaired) electrons. The fourth-order valence-electron chi connectivity index (χ4n) is 3.72. The normalized spacial score (nSPS) is 11.5. The second kappa shape index (κ2) is 15.1. The number of halogens is 6. The maximum Gasteiger partial charge on any atom is 0.490 e. The quantitative estimate of drug-likeness (QED) is 0.125. The Morgan fingerprint density at radius 2 is 1.65 bits per heavy atom. The van der Waals surface area contributed by atoms with Crippen molar-refractivity contribution in [1.82, 2.24) is 24.7 Å². The van der Waals surface area contributed by atoms with E-state index in [0.29, 0.717) is 47.8 Å². The largest absolute Gasteiger partial charge is 0.490 e. The number of nitrogens with zero attached hydrogens (tertiary/aromatic N) is 5. The molecular weight excluding hydrogens is 628 g/mol. The van der Waals surface area contributed by atoms with Crippen LogP contribution in [0.1, 0.15) is 33.7 Å². The number of carbonyl (C=O) groups excluding carboxylic acids is 1. The average molecular weight is 654 g/mol. The summed E-state index contributed by atoms with van der Waals surface area (Å²) < 4.78 is 72.3. The zero-order chi connectivity index (χ0) is 34.1. The van der Waals surface area contributed by atoms with E-state index >= 15 is 0 Å². The van der Waals surface area contributed by atoms with Gasteiger partial charge in [-0.05, 0) is 37.1 Å². The van der Waals surface area contributed by atoms with Gasteiger partial charge in [0.2, 0.25) is 5.95 Å². The topological polar surface area (TPSA) is 186 Å². The van der Waals surface area contributed by atoms with E-state index < -0.39 is 49.0 Å². The number of amides is 1. The van der Waals surface area contributed by atoms with E-state index in [-0.39, 0.29) is 5.69 Å². The van der Waals surface area contributed by atoms with Crippen LogP contribution in [0.5, 0.6) is 0 Å². The lowest BCUT2D eigenvalue weighted by Gasteiger charge is -2.12. The molecule has 4 aromatic rings. The SMILES string of the molecule is N#Cc1ccc(CCCNc2nc(-c3ccc(C(F)(F)F)cc3)cc3nc(C(=O)NC(CO)CO)cn23)nc1.O=C(O)C(F)(F)F. The Labute approximate surface area is 256 Å². The number of aliphatic hydroxyl groups is 2. The molecule has 1 amide bonds. The smallest absolute Gasteiger partial charge is 0.475 e. The zero-order valence-electron chi connectivity index (χ0n) is 23.5. The van der Waals surface area contributed by atoms with Gasteiger partial charge in [-0.2, -0.15) is 31.6 Å². The van der Waals surface area contributed by atoms with Gasteiger partial charge in [-0.25, -0.2) is 14.8 Å². The van der Waals surface area contributed by atoms with Crippen LogP contribution in [0.15, 0.2) is 54.9 Å². The molecule has 18 heteroatoms. The standard InChI is InChI=1S/C26H24F3N7O3.C2HF3O2/c27-26(28,29)18-6-4-17(5-7-18)21-10-23-34-22(24(39)33-20(14-37)15-38)13-36(23)25(35-21)31-9-1-2-19-8-3-16(11-30)12-32-19;3-2(4,5)1(6)7/h3-8,10,12-13,20,37-38H,1-2,9,14-15H2,(H,31,35)(H,33,39);(H,6,7). The second-order valence-corrected chi connectivity index (χ2v) is 9.41. The second-order valence-electron chi connectivity index (χ2n) is 9.41. The summed E-state index contributed by atoms with van der Waals surface area (Å²) in [7, 11) is 0. The van der Waals surface area contributed by atoms with Crippen LogP contribution in [0.4, 0.5) is 32.3 Å². The predicted octanol–water partition coefficient (Wildman–Crippen LogP) is 3.44. The first-order chi connectivity index (χ1) is 21.7. The zero-order valence-corrected chi connectivity index (χ0v) is 23.5. The molecule has 0 bridgehead atoms. The van der Waals surface area contributed by atoms with Crippen molar-refractivity contribution in [2.75, 3.05) is 25.1 Å². The predicted molar refractivity (Wildman–Crippen MR) is 148 cm³/mol. The molecule has 0 unspecified atom stereocenters. The van der Waals surface area contributed by atoms with Crippen LogP contribution >= 0.6 is 0 Å². The number of benzene rings is 1. The van der Waals surface area contributed by atoms with Gasteiger partial charge in [0.1, 0.15) is 17.4 Å². The molecule has 0 fully saturated rings. The van der Waals surface area contributed by atoms with Crippen LogP contribution in [0, 0.1) is 11.3 Å². The first-order valence-electron chi connectivity index (χ1n) is 13.2. The number of aliphatic hydroxyl groups excluding tert-OH is 2. The number of imidazole rings is 1. The summed E-state index contributed by atoms with van der Waals surface area (Å²) in [5, 5.41) is 40.2. The third-order valence-corrected chi connectivity index (χ3v) is 6.06. The number of nitriles is 1. The monoisotopic (exact) mass is 653 g/mol. The molecule has 46 heavy (non-hydrogen) atoms. The van der Waals surface area contributed by atoms with Gasteiger partial charge < -0.3 is 26.0 Å². The number of carboxylic acid groups (broad SMARTS) is 1. The number of pyridine rings is 1. The van der Waals surface area contributed by atoms with Crippen LogP contribution in [0.2, 0.25) is 0 Å². The number of alkyl halides is 6. The molecule has 12 nitrogen and oxygen atoms in total. The summed E-state index contributed by atoms with van der Waals surface area (Å²) in [4.78, 5) is 34.6. The Morgan fingerprint density at radius 3 is 2.17 bits per heavy atom. The molecule has 0 atom stereocenters. The molecule has 0 saturated carbocycles. The number of anilines is 1. The average Bonchev–Trinajstić information content (AvgIpc) is 3.46. The minimum Gasteiger partial charge on any atom is -0.475 e. The number of aromatic nitrogens is 4. The molecule has 5 N–H and O–H groups in total. The highest BCUT2D eigenvalue weighted by Crippen LogP contribution is 2.31. The molecule has 3 aromatic heterocycles. The summed E-state index contributed by atoms with van der Waals surface area (Å²) >= 11 is 0. The van der Waals surface area contributed by atoms with Crippen LogP contribution in [-0.4, -0.2) is 78.5 Å². The van der Waals surface area contributed by atoms with E-state index in [1.165, 1.54) is 28.9 Å². The number of hydrogen-bond donors (Lipinski definition) is 5. The summed E-state index contributed by atoms with van der Waals surface area (Å²) in [6, 6.07) is 10.7. The van der Waals surface area contributed by atoms with Crippen LogP contribution in [0.25, 0.3) is 16.9 Å². The molecule has 3 heterocycles. The molecule has 1 aromatic carbocycles. The first kappa shape index (κ1) is 35.2. The summed E-state index contributed by atoms with van der Waals surface area (Å²) in [5.74, 6) is -3.07. The van der Waals surface area contributed by atoms with Gasteiger partial charge in [0.25, 0.3) is 5.91 Å². The number of hydrogen-bond acceptors (Lipinski definition) is 9. The summed E-state index contributed by atoms with van der Waals surface area (Å²) in [6.07, 6.45) is -5.37. The van der Waals surface area contributed by atoms with Crippen molar-refractivity contribution in [1.29, 1.82) is 5.26 Å². The van der Waals surface area contributed by atoms with Crippen molar-refractivity contribution in [3.05, 3.63) is 77.4 Å². The number of carboxylic acids is 1. The van der Waals surface area contributed by atoms with Crippen molar-refractivity contribution in [3.63, 3.8) is 0 Å². The Morgan fingerprint density at radius 1 is 1.00 bits per heavy atom. The highest BCUT2D eigenvalue weighted by Gasteiger charge is 2.38. The maximum atomic E-state index is 13.0. The third-order valence-electron chi connectivity index (χ3n) is 6.06. The molecule has 0 spiro atoms. The number of aliphatic carboxylic acids is 1. The van der Waals surface area contributed by atoms with Crippen molar-refractivity contribution in [2.45, 2.75) is 31.2 Å². The van der Waals surface area contributed by atoms with Gasteiger partial charge in [0, 0.05) is 36.3 Å². The molecule has 0 saturated heterocycles. The Bertz CT molecular complexity index is 1680. The van der Waals surface area contributed by atoms with Crippen LogP contribution in [-0.2, 0) is 17.4 Å². The van der Waals surface area contributed by atoms with Crippen molar-refractivity contribution in [2.24, 2.45) is 0 Å². The highest BCUT2D eigenvalue weighted by molar-refractivity contribution is 5.93. The van der Waals surface area contributed by atoms with E-state index in [9.17, 15) is 41.4 Å². The van der Waals surface area contributed by atoms with E-state index in [2.05, 4.69) is 25.6 Å². The summed E-state index contributed by atoms with van der Waals surface area (Å²) in [5.41, 5.74) is 1.55. The number of carbonyl (C=O) groups is 2. The van der Waals surface area contributed by atoms with E-state index in [0.717, 1.165) is 17.8 Å². The molecule has 4 rings (SSSR count). The van der Waals surface area contributed by atoms with Crippen molar-refractivity contribution in [3.8, 4) is 17.3 Å². The minimum atomic E-state index is -5.08. The molecule has 0 aliphatic carbocycles. The van der Waals surface area contributed by atoms with E-state index in [1.807, 2.05) is 6.07 Å². The fourth-order valence-corrected chi connectivity index (χ4v) is 3.72. The molecule has 0 aliphatic rings. The van der Waals surface area contributed by atoms with Gasteiger partial charge in [0.15, 0.2) is 0 Å². The van der Waals surface area contributed by atoms with Crippen LogP contribution in [0.3, 0.4) is 0 Å². The third kappa shape index (κ3) is 9.61. The van der Waals surface area contributed by atoms with Crippen LogP contribution < -0.4 is 10.6 Å². The summed E-state index contributed by atoms with van der Waals surface area (Å²) in [6.45, 7) is -0.483. The number of fused-ring (bicyclic) bond motifs is 1. The Hall–Kier alpha value is -5.28. The van der Waals surface area contributed by atoms with Gasteiger partial charge >= 0.3 is 18.3 Å². The lowest BCUT2D eigenvalue weighted by atomic mass is 10.1. The lowest BCUT2D eigenvalue weighted by molar-refractivity contribution is -0.192. The highest BCUT2D eigenvalue weighted by atomic mass is 19.4. The van der Waals surface area contributed by atoms with Gasteiger partial charge in [0.05, 0.1) is 36.1 Å². The maximum absolute atomic E-state index is 13.0. The van der Waals surface area contributed by atoms with Crippen molar-refractivity contribution >= 4 is 23.5 Å². The number of nitrogens with one attached hydrogen (secondary N) is 2. The van der Waals surface area contributed by atoms with E-state index in [1.54, 1.807) is 18.2 Å². The number of aryl methyl sites for hydroxylation is 1. The van der Waals surface area contributed by atoms with Gasteiger partial charge in [-0.1, -0.05) is 12.1 Å². The van der Waals surface area contributed by atoms with Gasteiger partial charge in [-0.15, -0.1) is 0 Å². The Kier molecular flexibility index (Phi) is 11.6. The lowest BCUT2D eigenvalue weighted by Crippen LogP contribution is -2.40. The molecular formula is C28H25F6N7O5. The minimum absolute atomic E-state index is 0.00176. The first-order valence-corrected chi connectivity index (χ1v) is 13.2.